The van der Waals surface area contributed by atoms with Gasteiger partial charge in [0.15, 0.2) is 0 Å². The van der Waals surface area contributed by atoms with Gasteiger partial charge in [-0.25, -0.2) is 0 Å². The zero-order chi connectivity index (χ0) is 14.5. The van der Waals surface area contributed by atoms with Crippen molar-refractivity contribution in [2.75, 3.05) is 19.6 Å². The summed E-state index contributed by atoms with van der Waals surface area (Å²) in [5.74, 6) is 1.25. The number of likely N-dealkylation sites (tertiary alicyclic amines) is 1. The zero-order valence-corrected chi connectivity index (χ0v) is 13.9. The van der Waals surface area contributed by atoms with Crippen LogP contribution in [0.15, 0.2) is 24.3 Å². The third-order valence-corrected chi connectivity index (χ3v) is 4.21. The first kappa shape index (κ1) is 18.0. The number of rotatable bonds is 4. The van der Waals surface area contributed by atoms with Gasteiger partial charge in [-0.05, 0) is 55.3 Å². The molecule has 4 heteroatoms. The summed E-state index contributed by atoms with van der Waals surface area (Å²) in [5, 5.41) is 0. The van der Waals surface area contributed by atoms with Crippen molar-refractivity contribution in [1.82, 2.24) is 4.90 Å². The summed E-state index contributed by atoms with van der Waals surface area (Å²) in [6.07, 6.45) is 3.32. The molecule has 0 aromatic heterocycles. The summed E-state index contributed by atoms with van der Waals surface area (Å²) >= 11 is 0. The minimum Gasteiger partial charge on any atom is -0.338 e. The van der Waals surface area contributed by atoms with E-state index < -0.39 is 0 Å². The molecule has 0 spiro atoms. The van der Waals surface area contributed by atoms with Crippen LogP contribution in [-0.4, -0.2) is 30.4 Å². The molecule has 1 aliphatic rings. The lowest BCUT2D eigenvalue weighted by Gasteiger charge is -2.32. The Labute approximate surface area is 134 Å². The van der Waals surface area contributed by atoms with E-state index in [9.17, 15) is 4.79 Å². The van der Waals surface area contributed by atoms with E-state index >= 15 is 0 Å². The summed E-state index contributed by atoms with van der Waals surface area (Å²) in [6.45, 7) is 6.79. The molecule has 0 radical (unpaired) electrons. The second-order valence-electron chi connectivity index (χ2n) is 6.11. The number of nitrogens with two attached hydrogens (primary N) is 1. The van der Waals surface area contributed by atoms with E-state index in [0.29, 0.717) is 11.8 Å². The predicted molar refractivity (Wildman–Crippen MR) is 90.1 cm³/mol. The second-order valence-corrected chi connectivity index (χ2v) is 6.11. The molecule has 1 unspecified atom stereocenters. The Morgan fingerprint density at radius 1 is 1.33 bits per heavy atom. The number of hydrogen-bond donors (Lipinski definition) is 1. The lowest BCUT2D eigenvalue weighted by molar-refractivity contribution is 0.0669. The monoisotopic (exact) mass is 310 g/mol. The van der Waals surface area contributed by atoms with Crippen LogP contribution in [0.1, 0.15) is 54.9 Å². The van der Waals surface area contributed by atoms with Gasteiger partial charge in [0.25, 0.3) is 5.91 Å². The highest BCUT2D eigenvalue weighted by Gasteiger charge is 2.23. The Morgan fingerprint density at radius 2 is 2.00 bits per heavy atom. The van der Waals surface area contributed by atoms with Crippen LogP contribution in [0.2, 0.25) is 0 Å². The Hall–Kier alpha value is -1.06. The fourth-order valence-electron chi connectivity index (χ4n) is 2.91. The van der Waals surface area contributed by atoms with Gasteiger partial charge in [-0.3, -0.25) is 4.79 Å². The first-order valence-corrected chi connectivity index (χ1v) is 7.71. The van der Waals surface area contributed by atoms with Crippen molar-refractivity contribution in [1.29, 1.82) is 0 Å². The third kappa shape index (κ3) is 4.72. The minimum atomic E-state index is 0. The Balaban J connectivity index is 0.00000220. The molecule has 0 aliphatic carbocycles. The molecule has 1 fully saturated rings. The Morgan fingerprint density at radius 3 is 2.57 bits per heavy atom. The largest absolute Gasteiger partial charge is 0.338 e. The molecular weight excluding hydrogens is 284 g/mol. The predicted octanol–water partition coefficient (Wildman–Crippen LogP) is 3.43. The molecule has 1 amide bonds. The van der Waals surface area contributed by atoms with Crippen molar-refractivity contribution < 1.29 is 4.79 Å². The highest BCUT2D eigenvalue weighted by molar-refractivity contribution is 5.94. The second kappa shape index (κ2) is 8.40. The Kier molecular flexibility index (Phi) is 7.20. The normalized spacial score (nSPS) is 18.5. The van der Waals surface area contributed by atoms with Gasteiger partial charge in [0, 0.05) is 18.7 Å². The lowest BCUT2D eigenvalue weighted by atomic mass is 9.94. The topological polar surface area (TPSA) is 46.3 Å². The quantitative estimate of drug-likeness (QED) is 0.926. The highest BCUT2D eigenvalue weighted by Crippen LogP contribution is 2.21. The first-order valence-electron chi connectivity index (χ1n) is 7.71. The maximum Gasteiger partial charge on any atom is 0.253 e. The van der Waals surface area contributed by atoms with Crippen molar-refractivity contribution in [2.24, 2.45) is 11.7 Å². The van der Waals surface area contributed by atoms with Gasteiger partial charge in [0.2, 0.25) is 0 Å². The van der Waals surface area contributed by atoms with Gasteiger partial charge < -0.3 is 10.6 Å². The number of nitrogens with zero attached hydrogens (tertiary/aromatic N) is 1. The van der Waals surface area contributed by atoms with Gasteiger partial charge in [0.05, 0.1) is 0 Å². The van der Waals surface area contributed by atoms with E-state index in [-0.39, 0.29) is 18.3 Å². The van der Waals surface area contributed by atoms with Crippen LogP contribution in [0.25, 0.3) is 0 Å². The maximum absolute atomic E-state index is 12.5. The van der Waals surface area contributed by atoms with Crippen molar-refractivity contribution in [3.05, 3.63) is 35.4 Å². The number of hydrogen-bond acceptors (Lipinski definition) is 2. The van der Waals surface area contributed by atoms with E-state index in [4.69, 9.17) is 5.73 Å². The fourth-order valence-corrected chi connectivity index (χ4v) is 2.91. The maximum atomic E-state index is 12.5. The number of carbonyl (C=O) groups excluding carboxylic acids is 1. The average Bonchev–Trinajstić information content (AvgIpc) is 2.47. The smallest absolute Gasteiger partial charge is 0.253 e. The van der Waals surface area contributed by atoms with Crippen LogP contribution in [0.3, 0.4) is 0 Å². The zero-order valence-electron chi connectivity index (χ0n) is 13.0. The molecule has 1 aromatic rings. The van der Waals surface area contributed by atoms with Crippen LogP contribution < -0.4 is 5.73 Å². The molecule has 0 saturated carbocycles. The van der Waals surface area contributed by atoms with E-state index in [0.717, 1.165) is 38.0 Å². The van der Waals surface area contributed by atoms with Gasteiger partial charge in [-0.2, -0.15) is 0 Å². The fraction of sp³-hybridized carbons (Fsp3) is 0.588. The van der Waals surface area contributed by atoms with E-state index in [1.807, 2.05) is 17.0 Å². The molecule has 2 rings (SSSR count). The molecule has 1 saturated heterocycles. The molecule has 2 N–H and O–H groups in total. The number of halogens is 1. The summed E-state index contributed by atoms with van der Waals surface area (Å²) in [6, 6.07) is 8.06. The first-order chi connectivity index (χ1) is 9.61. The molecule has 1 atom stereocenters. The van der Waals surface area contributed by atoms with Crippen molar-refractivity contribution in [3.8, 4) is 0 Å². The van der Waals surface area contributed by atoms with Gasteiger partial charge in [-0.15, -0.1) is 12.4 Å². The molecular formula is C17H27ClN2O. The molecule has 0 bridgehead atoms. The SMILES string of the molecule is CC(C)c1ccc(C(=O)N2CCCC(CCN)C2)cc1.Cl. The van der Waals surface area contributed by atoms with Crippen molar-refractivity contribution in [2.45, 2.75) is 39.0 Å². The molecule has 1 aliphatic heterocycles. The van der Waals surface area contributed by atoms with Gasteiger partial charge >= 0.3 is 0 Å². The van der Waals surface area contributed by atoms with Crippen LogP contribution in [0.5, 0.6) is 0 Å². The highest BCUT2D eigenvalue weighted by atomic mass is 35.5. The number of carbonyl (C=O) groups is 1. The average molecular weight is 311 g/mol. The lowest BCUT2D eigenvalue weighted by Crippen LogP contribution is -2.40. The van der Waals surface area contributed by atoms with E-state index in [1.165, 1.54) is 12.0 Å². The van der Waals surface area contributed by atoms with E-state index in [2.05, 4.69) is 26.0 Å². The van der Waals surface area contributed by atoms with Gasteiger partial charge in [-0.1, -0.05) is 26.0 Å². The summed E-state index contributed by atoms with van der Waals surface area (Å²) in [7, 11) is 0. The van der Waals surface area contributed by atoms with Gasteiger partial charge in [0.1, 0.15) is 0 Å². The number of benzene rings is 1. The Bertz CT molecular complexity index is 443. The summed E-state index contributed by atoms with van der Waals surface area (Å²) < 4.78 is 0. The molecule has 1 aromatic carbocycles. The van der Waals surface area contributed by atoms with Crippen LogP contribution in [-0.2, 0) is 0 Å². The van der Waals surface area contributed by atoms with Crippen LogP contribution >= 0.6 is 12.4 Å². The number of piperidine rings is 1. The van der Waals surface area contributed by atoms with Crippen molar-refractivity contribution >= 4 is 18.3 Å². The summed E-state index contributed by atoms with van der Waals surface area (Å²) in [5.41, 5.74) is 7.72. The minimum absolute atomic E-state index is 0. The standard InChI is InChI=1S/C17H26N2O.ClH/c1-13(2)15-5-7-16(8-6-15)17(20)19-11-3-4-14(12-19)9-10-18;/h5-8,13-14H,3-4,9-12,18H2,1-2H3;1H. The molecule has 21 heavy (non-hydrogen) atoms. The van der Waals surface area contributed by atoms with E-state index in [1.54, 1.807) is 0 Å². The number of amides is 1. The molecule has 1 heterocycles. The van der Waals surface area contributed by atoms with Crippen molar-refractivity contribution in [3.63, 3.8) is 0 Å². The summed E-state index contributed by atoms with van der Waals surface area (Å²) in [4.78, 5) is 14.5. The van der Waals surface area contributed by atoms with Crippen LogP contribution in [0, 0.1) is 5.92 Å². The molecule has 118 valence electrons. The third-order valence-electron chi connectivity index (χ3n) is 4.21. The van der Waals surface area contributed by atoms with Crippen LogP contribution in [0.4, 0.5) is 0 Å². The molecule has 3 nitrogen and oxygen atoms in total.